The van der Waals surface area contributed by atoms with Gasteiger partial charge < -0.3 is 16.0 Å². The molecule has 0 aliphatic carbocycles. The van der Waals surface area contributed by atoms with E-state index in [0.717, 1.165) is 23.1 Å². The van der Waals surface area contributed by atoms with Crippen LogP contribution in [0.3, 0.4) is 0 Å². The van der Waals surface area contributed by atoms with Crippen LogP contribution in [0.1, 0.15) is 42.2 Å². The molecule has 0 saturated carbocycles. The van der Waals surface area contributed by atoms with E-state index in [-0.39, 0.29) is 17.9 Å². The number of carbonyl (C=O) groups is 2. The van der Waals surface area contributed by atoms with Crippen molar-refractivity contribution >= 4 is 34.5 Å². The fourth-order valence-corrected chi connectivity index (χ4v) is 4.50. The largest absolute Gasteiger partial charge is 0.383 e. The summed E-state index contributed by atoms with van der Waals surface area (Å²) in [6.45, 7) is 6.94. The maximum Gasteiger partial charge on any atom is 0.256 e. The maximum atomic E-state index is 12.7. The topological polar surface area (TPSA) is 132 Å². The first-order chi connectivity index (χ1) is 17.8. The van der Waals surface area contributed by atoms with E-state index in [1.165, 1.54) is 6.33 Å². The van der Waals surface area contributed by atoms with E-state index in [0.29, 0.717) is 47.0 Å². The van der Waals surface area contributed by atoms with Gasteiger partial charge in [-0.2, -0.15) is 5.10 Å². The van der Waals surface area contributed by atoms with Gasteiger partial charge in [0, 0.05) is 36.5 Å². The highest BCUT2D eigenvalue weighted by Gasteiger charge is 2.30. The van der Waals surface area contributed by atoms with Gasteiger partial charge in [0.2, 0.25) is 5.91 Å². The zero-order chi connectivity index (χ0) is 26.1. The van der Waals surface area contributed by atoms with Crippen LogP contribution in [0.25, 0.3) is 22.3 Å². The highest BCUT2D eigenvalue weighted by Crippen LogP contribution is 2.34. The Labute approximate surface area is 214 Å². The predicted molar refractivity (Wildman–Crippen MR) is 142 cm³/mol. The number of aromatic nitrogens is 5. The molecule has 5 rings (SSSR count). The Morgan fingerprint density at radius 3 is 2.62 bits per heavy atom. The van der Waals surface area contributed by atoms with Crippen molar-refractivity contribution in [1.29, 1.82) is 0 Å². The molecule has 1 aromatic carbocycles. The van der Waals surface area contributed by atoms with Gasteiger partial charge in [0.25, 0.3) is 5.91 Å². The molecule has 0 bridgehead atoms. The molecular weight excluding hydrogens is 468 g/mol. The summed E-state index contributed by atoms with van der Waals surface area (Å²) in [4.78, 5) is 39.9. The van der Waals surface area contributed by atoms with Crippen LogP contribution in [0, 0.1) is 6.92 Å². The molecule has 0 spiro atoms. The number of nitrogen functional groups attached to an aromatic ring is 1. The Hall–Kier alpha value is -4.60. The number of nitrogens with two attached hydrogens (primary N) is 1. The van der Waals surface area contributed by atoms with E-state index in [4.69, 9.17) is 10.8 Å². The first kappa shape index (κ1) is 24.1. The van der Waals surface area contributed by atoms with Gasteiger partial charge in [-0.25, -0.2) is 19.6 Å². The van der Waals surface area contributed by atoms with Gasteiger partial charge in [-0.05, 0) is 57.0 Å². The second kappa shape index (κ2) is 9.81. The van der Waals surface area contributed by atoms with Crippen molar-refractivity contribution < 1.29 is 9.59 Å². The molecule has 4 heterocycles. The SMILES string of the molecule is CC(C)=CC(=O)N1CCC(n2nc(-c3ccc(C(=O)Nc4cc(C)ccn4)cc3)c3c(N)ncnc32)C1. The number of anilines is 2. The number of nitrogens with one attached hydrogen (secondary N) is 1. The second-order valence-corrected chi connectivity index (χ2v) is 9.45. The number of allylic oxidation sites excluding steroid dienone is 1. The average Bonchev–Trinajstić information content (AvgIpc) is 3.50. The highest BCUT2D eigenvalue weighted by molar-refractivity contribution is 6.04. The number of benzene rings is 1. The summed E-state index contributed by atoms with van der Waals surface area (Å²) in [7, 11) is 0. The van der Waals surface area contributed by atoms with Gasteiger partial charge >= 0.3 is 0 Å². The first-order valence-electron chi connectivity index (χ1n) is 12.1. The second-order valence-electron chi connectivity index (χ2n) is 9.45. The molecule has 10 nitrogen and oxygen atoms in total. The van der Waals surface area contributed by atoms with Crippen LogP contribution in [-0.4, -0.2) is 54.5 Å². The molecule has 10 heteroatoms. The van der Waals surface area contributed by atoms with Crippen molar-refractivity contribution in [2.75, 3.05) is 24.1 Å². The fourth-order valence-electron chi connectivity index (χ4n) is 4.50. The van der Waals surface area contributed by atoms with E-state index in [2.05, 4.69) is 20.3 Å². The van der Waals surface area contributed by atoms with Gasteiger partial charge in [-0.1, -0.05) is 17.7 Å². The molecule has 2 amide bonds. The molecule has 4 aromatic rings. The third-order valence-electron chi connectivity index (χ3n) is 6.33. The van der Waals surface area contributed by atoms with Crippen LogP contribution in [0.2, 0.25) is 0 Å². The quantitative estimate of drug-likeness (QED) is 0.402. The highest BCUT2D eigenvalue weighted by atomic mass is 16.2. The predicted octanol–water partition coefficient (Wildman–Crippen LogP) is 3.77. The number of hydrogen-bond donors (Lipinski definition) is 2. The van der Waals surface area contributed by atoms with Crippen molar-refractivity contribution in [1.82, 2.24) is 29.6 Å². The van der Waals surface area contributed by atoms with Crippen molar-refractivity contribution in [3.8, 4) is 11.3 Å². The number of nitrogens with zero attached hydrogens (tertiary/aromatic N) is 6. The Morgan fingerprint density at radius 1 is 1.11 bits per heavy atom. The molecule has 1 aliphatic heterocycles. The molecule has 3 N–H and O–H groups in total. The van der Waals surface area contributed by atoms with E-state index in [9.17, 15) is 9.59 Å². The summed E-state index contributed by atoms with van der Waals surface area (Å²) in [5.41, 5.74) is 10.8. The minimum absolute atomic E-state index is 0.00283. The average molecular weight is 497 g/mol. The van der Waals surface area contributed by atoms with Crippen molar-refractivity contribution in [3.63, 3.8) is 0 Å². The van der Waals surface area contributed by atoms with Crippen LogP contribution in [-0.2, 0) is 4.79 Å². The zero-order valence-corrected chi connectivity index (χ0v) is 21.0. The van der Waals surface area contributed by atoms with Crippen LogP contribution in [0.15, 0.2) is 60.6 Å². The Balaban J connectivity index is 1.43. The first-order valence-corrected chi connectivity index (χ1v) is 12.1. The fraction of sp³-hybridized carbons (Fsp3) is 0.259. The lowest BCUT2D eigenvalue weighted by Crippen LogP contribution is -2.27. The molecular formula is C27H28N8O2. The van der Waals surface area contributed by atoms with Gasteiger partial charge in [-0.3, -0.25) is 9.59 Å². The molecule has 1 unspecified atom stereocenters. The molecule has 37 heavy (non-hydrogen) atoms. The Morgan fingerprint density at radius 2 is 1.89 bits per heavy atom. The summed E-state index contributed by atoms with van der Waals surface area (Å²) in [6, 6.07) is 10.8. The lowest BCUT2D eigenvalue weighted by atomic mass is 10.1. The van der Waals surface area contributed by atoms with Crippen LogP contribution in [0.5, 0.6) is 0 Å². The van der Waals surface area contributed by atoms with E-state index in [1.807, 2.05) is 54.6 Å². The smallest absolute Gasteiger partial charge is 0.256 e. The lowest BCUT2D eigenvalue weighted by Gasteiger charge is -2.15. The number of fused-ring (bicyclic) bond motifs is 1. The van der Waals surface area contributed by atoms with Gasteiger partial charge in [-0.15, -0.1) is 0 Å². The molecule has 188 valence electrons. The monoisotopic (exact) mass is 496 g/mol. The number of hydrogen-bond acceptors (Lipinski definition) is 7. The van der Waals surface area contributed by atoms with Gasteiger partial charge in [0.15, 0.2) is 5.65 Å². The van der Waals surface area contributed by atoms with Gasteiger partial charge in [0.1, 0.15) is 23.7 Å². The zero-order valence-electron chi connectivity index (χ0n) is 21.0. The summed E-state index contributed by atoms with van der Waals surface area (Å²) in [6.07, 6.45) is 5.49. The molecule has 1 fully saturated rings. The standard InChI is InChI=1S/C27H28N8O2/c1-16(2)12-22(36)34-11-9-20(14-34)35-26-23(25(28)30-15-31-26)24(33-35)18-4-6-19(7-5-18)27(37)32-21-13-17(3)8-10-29-21/h4-8,10,12-13,15,20H,9,11,14H2,1-3H3,(H2,28,30,31)(H,29,32,37). The number of aryl methyl sites for hydroxylation is 1. The molecule has 3 aromatic heterocycles. The third-order valence-corrected chi connectivity index (χ3v) is 6.33. The summed E-state index contributed by atoms with van der Waals surface area (Å²) >= 11 is 0. The minimum atomic E-state index is -0.255. The van der Waals surface area contributed by atoms with E-state index < -0.39 is 0 Å². The Kier molecular flexibility index (Phi) is 6.39. The normalized spacial score (nSPS) is 15.1. The molecule has 0 radical (unpaired) electrons. The molecule has 1 saturated heterocycles. The lowest BCUT2D eigenvalue weighted by molar-refractivity contribution is -0.125. The van der Waals surface area contributed by atoms with Crippen molar-refractivity contribution in [3.05, 3.63) is 71.7 Å². The number of likely N-dealkylation sites (tertiary alicyclic amines) is 1. The number of carbonyl (C=O) groups excluding carboxylic acids is 2. The van der Waals surface area contributed by atoms with E-state index in [1.54, 1.807) is 24.4 Å². The number of pyridine rings is 1. The summed E-state index contributed by atoms with van der Waals surface area (Å²) in [5, 5.41) is 8.35. The van der Waals surface area contributed by atoms with Crippen molar-refractivity contribution in [2.45, 2.75) is 33.2 Å². The van der Waals surface area contributed by atoms with E-state index >= 15 is 0 Å². The van der Waals surface area contributed by atoms with Crippen LogP contribution < -0.4 is 11.1 Å². The van der Waals surface area contributed by atoms with Crippen LogP contribution >= 0.6 is 0 Å². The van der Waals surface area contributed by atoms with Crippen molar-refractivity contribution in [2.24, 2.45) is 0 Å². The third kappa shape index (κ3) is 4.90. The van der Waals surface area contributed by atoms with Crippen LogP contribution in [0.4, 0.5) is 11.6 Å². The number of amides is 2. The minimum Gasteiger partial charge on any atom is -0.383 e. The summed E-state index contributed by atoms with van der Waals surface area (Å²) < 4.78 is 1.85. The number of rotatable bonds is 5. The Bertz CT molecular complexity index is 1520. The summed E-state index contributed by atoms with van der Waals surface area (Å²) in [5.74, 6) is 0.574. The maximum absolute atomic E-state index is 12.7. The molecule has 1 aliphatic rings. The molecule has 1 atom stereocenters. The van der Waals surface area contributed by atoms with Gasteiger partial charge in [0.05, 0.1) is 11.4 Å².